The minimum absolute atomic E-state index is 0.0915. The molecule has 140 valence electrons. The number of nitrogens with zero attached hydrogens (tertiary/aromatic N) is 3. The summed E-state index contributed by atoms with van der Waals surface area (Å²) in [6.07, 6.45) is 9.83. The molecule has 0 saturated heterocycles. The number of hydrogen-bond acceptors (Lipinski definition) is 5. The van der Waals surface area contributed by atoms with Gasteiger partial charge in [-0.1, -0.05) is 6.07 Å². The zero-order valence-electron chi connectivity index (χ0n) is 15.2. The average molecular weight is 373 g/mol. The van der Waals surface area contributed by atoms with Gasteiger partial charge in [0, 0.05) is 12.1 Å². The van der Waals surface area contributed by atoms with Crippen molar-refractivity contribution in [3.05, 3.63) is 84.0 Å². The third-order valence-electron chi connectivity index (χ3n) is 5.29. The summed E-state index contributed by atoms with van der Waals surface area (Å²) in [4.78, 5) is 17.4. The van der Waals surface area contributed by atoms with Gasteiger partial charge in [0.2, 0.25) is 0 Å². The Balaban J connectivity index is 1.57. The van der Waals surface area contributed by atoms with E-state index >= 15 is 0 Å². The van der Waals surface area contributed by atoms with Gasteiger partial charge in [-0.25, -0.2) is 5.01 Å². The molecule has 0 aromatic carbocycles. The number of carbonyl (C=O) groups is 1. The number of rotatable bonds is 3. The Morgan fingerprint density at radius 2 is 2.00 bits per heavy atom. The minimum atomic E-state index is -0.264. The number of aromatic nitrogens is 1. The Morgan fingerprint density at radius 1 is 1.11 bits per heavy atom. The zero-order chi connectivity index (χ0) is 18.9. The summed E-state index contributed by atoms with van der Waals surface area (Å²) < 4.78 is 11.2. The highest BCUT2D eigenvalue weighted by Gasteiger charge is 2.45. The van der Waals surface area contributed by atoms with Crippen molar-refractivity contribution in [1.29, 1.82) is 0 Å². The first-order valence-electron chi connectivity index (χ1n) is 9.42. The molecule has 0 N–H and O–H groups in total. The molecule has 0 radical (unpaired) electrons. The third-order valence-corrected chi connectivity index (χ3v) is 5.29. The number of pyridine rings is 1. The number of hydrazone groups is 1. The summed E-state index contributed by atoms with van der Waals surface area (Å²) in [5.74, 6) is 1.41. The van der Waals surface area contributed by atoms with Crippen LogP contribution in [0.4, 0.5) is 0 Å². The van der Waals surface area contributed by atoms with Crippen molar-refractivity contribution in [1.82, 2.24) is 9.99 Å². The van der Waals surface area contributed by atoms with Crippen LogP contribution in [0.5, 0.6) is 0 Å². The van der Waals surface area contributed by atoms with Crippen molar-refractivity contribution < 1.29 is 13.6 Å². The Bertz CT molecular complexity index is 1020. The van der Waals surface area contributed by atoms with Crippen LogP contribution in [0.25, 0.3) is 6.08 Å². The van der Waals surface area contributed by atoms with Crippen LogP contribution in [0.1, 0.15) is 47.3 Å². The molecule has 2 unspecified atom stereocenters. The van der Waals surface area contributed by atoms with E-state index in [1.54, 1.807) is 41.9 Å². The van der Waals surface area contributed by atoms with Crippen molar-refractivity contribution in [3.8, 4) is 0 Å². The number of carbonyl (C=O) groups excluding carboxylic acids is 1. The monoisotopic (exact) mass is 373 g/mol. The molecule has 0 spiro atoms. The normalized spacial score (nSPS) is 22.9. The zero-order valence-corrected chi connectivity index (χ0v) is 15.2. The highest BCUT2D eigenvalue weighted by Crippen LogP contribution is 2.44. The molecule has 28 heavy (non-hydrogen) atoms. The summed E-state index contributed by atoms with van der Waals surface area (Å²) in [7, 11) is 0. The highest BCUT2D eigenvalue weighted by atomic mass is 16.3. The number of fused-ring (bicyclic) bond motifs is 1. The average Bonchev–Trinajstić information content (AvgIpc) is 3.48. The number of furan rings is 2. The first kappa shape index (κ1) is 16.7. The fourth-order valence-electron chi connectivity index (χ4n) is 4.06. The molecule has 1 saturated carbocycles. The minimum Gasteiger partial charge on any atom is -0.467 e. The van der Waals surface area contributed by atoms with Crippen molar-refractivity contribution in [2.45, 2.75) is 25.3 Å². The summed E-state index contributed by atoms with van der Waals surface area (Å²) >= 11 is 0. The molecule has 6 nitrogen and oxygen atoms in total. The maximum absolute atomic E-state index is 13.2. The second-order valence-corrected chi connectivity index (χ2v) is 6.99. The van der Waals surface area contributed by atoms with Crippen LogP contribution in [0, 0.1) is 5.92 Å². The molecule has 5 rings (SSSR count). The van der Waals surface area contributed by atoms with Crippen LogP contribution < -0.4 is 0 Å². The molecular weight excluding hydrogens is 354 g/mol. The van der Waals surface area contributed by atoms with Gasteiger partial charge < -0.3 is 8.83 Å². The quantitative estimate of drug-likeness (QED) is 0.667. The maximum atomic E-state index is 13.2. The van der Waals surface area contributed by atoms with Gasteiger partial charge in [-0.2, -0.15) is 5.10 Å². The number of hydrogen-bond donors (Lipinski definition) is 0. The van der Waals surface area contributed by atoms with Gasteiger partial charge in [0.15, 0.2) is 0 Å². The second-order valence-electron chi connectivity index (χ2n) is 6.99. The molecule has 1 fully saturated rings. The molecule has 2 aliphatic rings. The summed E-state index contributed by atoms with van der Waals surface area (Å²) in [6, 6.07) is 12.6. The van der Waals surface area contributed by atoms with Crippen LogP contribution in [0.2, 0.25) is 0 Å². The summed E-state index contributed by atoms with van der Waals surface area (Å²) in [5, 5.41) is 6.32. The van der Waals surface area contributed by atoms with E-state index in [4.69, 9.17) is 13.9 Å². The van der Waals surface area contributed by atoms with E-state index in [-0.39, 0.29) is 17.9 Å². The molecule has 1 aliphatic carbocycles. The van der Waals surface area contributed by atoms with E-state index in [1.165, 1.54) is 0 Å². The molecule has 0 bridgehead atoms. The molecule has 3 aromatic heterocycles. The standard InChI is InChI=1S/C22H19N3O3/c26-22(18-9-1-2-11-23-18)25-21(19-10-5-13-28-19)17-8-3-6-15(20(17)24-25)14-16-7-4-12-27-16/h1-2,4-5,7,9-14,17,21H,3,6,8H2/b15-14+. The molecule has 1 aliphatic heterocycles. The van der Waals surface area contributed by atoms with Crippen LogP contribution in [-0.2, 0) is 0 Å². The van der Waals surface area contributed by atoms with E-state index in [0.29, 0.717) is 5.69 Å². The Kier molecular flexibility index (Phi) is 4.16. The van der Waals surface area contributed by atoms with Gasteiger partial charge in [-0.15, -0.1) is 0 Å². The Morgan fingerprint density at radius 3 is 2.75 bits per heavy atom. The predicted molar refractivity (Wildman–Crippen MR) is 103 cm³/mol. The van der Waals surface area contributed by atoms with Crippen LogP contribution in [0.15, 0.2) is 80.7 Å². The summed E-state index contributed by atoms with van der Waals surface area (Å²) in [6.45, 7) is 0. The summed E-state index contributed by atoms with van der Waals surface area (Å²) in [5.41, 5.74) is 2.42. The lowest BCUT2D eigenvalue weighted by molar-refractivity contribution is 0.0650. The molecule has 6 heteroatoms. The van der Waals surface area contributed by atoms with Gasteiger partial charge in [-0.3, -0.25) is 9.78 Å². The van der Waals surface area contributed by atoms with Crippen molar-refractivity contribution in [2.75, 3.05) is 0 Å². The first-order chi connectivity index (χ1) is 13.8. The molecule has 1 amide bonds. The Labute approximate surface area is 162 Å². The van der Waals surface area contributed by atoms with Crippen LogP contribution in [-0.4, -0.2) is 21.6 Å². The van der Waals surface area contributed by atoms with Crippen molar-refractivity contribution >= 4 is 17.7 Å². The second kappa shape index (κ2) is 6.96. The SMILES string of the molecule is O=C(c1ccccn1)N1N=C2/C(=C/c3ccco3)CCCC2C1c1ccco1. The largest absolute Gasteiger partial charge is 0.467 e. The maximum Gasteiger partial charge on any atom is 0.293 e. The lowest BCUT2D eigenvalue weighted by Gasteiger charge is -2.27. The molecule has 4 heterocycles. The van der Waals surface area contributed by atoms with Gasteiger partial charge in [0.25, 0.3) is 5.91 Å². The molecular formula is C22H19N3O3. The van der Waals surface area contributed by atoms with Crippen LogP contribution in [0.3, 0.4) is 0 Å². The van der Waals surface area contributed by atoms with Gasteiger partial charge in [-0.05, 0) is 67.3 Å². The number of amides is 1. The van der Waals surface area contributed by atoms with Crippen LogP contribution >= 0.6 is 0 Å². The first-order valence-corrected chi connectivity index (χ1v) is 9.42. The van der Waals surface area contributed by atoms with E-state index in [9.17, 15) is 4.79 Å². The van der Waals surface area contributed by atoms with Gasteiger partial charge >= 0.3 is 0 Å². The smallest absolute Gasteiger partial charge is 0.293 e. The van der Waals surface area contributed by atoms with E-state index < -0.39 is 0 Å². The number of allylic oxidation sites excluding steroid dienone is 1. The van der Waals surface area contributed by atoms with Gasteiger partial charge in [0.05, 0.1) is 18.2 Å². The van der Waals surface area contributed by atoms with Crippen molar-refractivity contribution in [3.63, 3.8) is 0 Å². The van der Waals surface area contributed by atoms with Gasteiger partial charge in [0.1, 0.15) is 23.3 Å². The Hall–Kier alpha value is -3.41. The molecule has 3 aromatic rings. The molecule has 2 atom stereocenters. The predicted octanol–water partition coefficient (Wildman–Crippen LogP) is 4.70. The lowest BCUT2D eigenvalue weighted by Crippen LogP contribution is -2.32. The topological polar surface area (TPSA) is 71.8 Å². The highest BCUT2D eigenvalue weighted by molar-refractivity contribution is 6.08. The van der Waals surface area contributed by atoms with E-state index in [2.05, 4.69) is 4.98 Å². The lowest BCUT2D eigenvalue weighted by atomic mass is 9.79. The van der Waals surface area contributed by atoms with E-state index in [1.807, 2.05) is 30.3 Å². The van der Waals surface area contributed by atoms with E-state index in [0.717, 1.165) is 42.1 Å². The third kappa shape index (κ3) is 2.87. The van der Waals surface area contributed by atoms with Crippen molar-refractivity contribution in [2.24, 2.45) is 11.0 Å². The fourth-order valence-corrected chi connectivity index (χ4v) is 4.06. The fraction of sp³-hybridized carbons (Fsp3) is 0.227.